The number of nitrogens with one attached hydrogen (secondary N) is 1. The lowest BCUT2D eigenvalue weighted by Crippen LogP contribution is -2.10. The fraction of sp³-hybridized carbons (Fsp3) is 0.250. The Hall–Kier alpha value is -3.12. The normalized spacial score (nSPS) is 11.5. The van der Waals surface area contributed by atoms with E-state index in [1.165, 1.54) is 23.0 Å². The summed E-state index contributed by atoms with van der Waals surface area (Å²) in [4.78, 5) is 16.8. The molecule has 1 aromatic heterocycles. The highest BCUT2D eigenvalue weighted by Gasteiger charge is 2.14. The predicted molar refractivity (Wildman–Crippen MR) is 123 cm³/mol. The summed E-state index contributed by atoms with van der Waals surface area (Å²) in [6.07, 6.45) is 3.19. The Kier molecular flexibility index (Phi) is 6.57. The van der Waals surface area contributed by atoms with E-state index in [0.717, 1.165) is 16.8 Å². The molecule has 0 spiro atoms. The molecule has 1 amide bonds. The number of rotatable bonds is 6. The smallest absolute Gasteiger partial charge is 0.250 e. The molecule has 0 bridgehead atoms. The van der Waals surface area contributed by atoms with Crippen molar-refractivity contribution in [2.24, 2.45) is 0 Å². The van der Waals surface area contributed by atoms with Crippen LogP contribution < -0.4 is 14.8 Å². The van der Waals surface area contributed by atoms with Gasteiger partial charge < -0.3 is 9.47 Å². The van der Waals surface area contributed by atoms with Crippen LogP contribution in [0.1, 0.15) is 31.9 Å². The number of nitrogens with zero attached hydrogens (tertiary/aromatic N) is 1. The minimum atomic E-state index is -0.242. The number of carbonyl (C=O) groups is 1. The number of ether oxygens (including phenoxy) is 2. The van der Waals surface area contributed by atoms with E-state index in [-0.39, 0.29) is 11.3 Å². The van der Waals surface area contributed by atoms with Gasteiger partial charge >= 0.3 is 0 Å². The molecule has 3 aromatic rings. The number of methoxy groups -OCH3 is 2. The van der Waals surface area contributed by atoms with E-state index in [9.17, 15) is 4.79 Å². The summed E-state index contributed by atoms with van der Waals surface area (Å²) >= 11 is 1.40. The molecule has 5 nitrogen and oxygen atoms in total. The van der Waals surface area contributed by atoms with Crippen molar-refractivity contribution >= 4 is 28.5 Å². The van der Waals surface area contributed by atoms with Crippen LogP contribution in [0.4, 0.5) is 5.13 Å². The summed E-state index contributed by atoms with van der Waals surface area (Å²) in [6.45, 7) is 6.57. The van der Waals surface area contributed by atoms with Gasteiger partial charge in [-0.3, -0.25) is 10.1 Å². The molecule has 2 aromatic carbocycles. The standard InChI is InChI=1S/C24H26N2O3S/c1-24(2,3)18-10-8-17(9-11-18)19-15-30-23(25-19)26-22(27)13-7-16-6-12-20(28-4)21(14-16)29-5/h6-15H,1-5H3,(H,25,26,27)/b13-7+. The number of benzene rings is 2. The van der Waals surface area contributed by atoms with Gasteiger partial charge in [-0.15, -0.1) is 11.3 Å². The zero-order chi connectivity index (χ0) is 21.7. The quantitative estimate of drug-likeness (QED) is 0.512. The Balaban J connectivity index is 1.66. The molecule has 0 atom stereocenters. The largest absolute Gasteiger partial charge is 0.493 e. The van der Waals surface area contributed by atoms with Gasteiger partial charge in [0.1, 0.15) is 0 Å². The molecule has 0 saturated carbocycles. The van der Waals surface area contributed by atoms with Crippen LogP contribution in [0.25, 0.3) is 17.3 Å². The Morgan fingerprint density at radius 3 is 2.37 bits per heavy atom. The Morgan fingerprint density at radius 2 is 1.73 bits per heavy atom. The van der Waals surface area contributed by atoms with Gasteiger partial charge in [0.05, 0.1) is 19.9 Å². The van der Waals surface area contributed by atoms with Gasteiger partial charge in [0.15, 0.2) is 16.6 Å². The summed E-state index contributed by atoms with van der Waals surface area (Å²) in [5.41, 5.74) is 4.09. The van der Waals surface area contributed by atoms with Crippen molar-refractivity contribution in [1.82, 2.24) is 4.98 Å². The van der Waals surface area contributed by atoms with Gasteiger partial charge in [0.2, 0.25) is 5.91 Å². The zero-order valence-corrected chi connectivity index (χ0v) is 18.7. The lowest BCUT2D eigenvalue weighted by atomic mass is 9.86. The van der Waals surface area contributed by atoms with Crippen LogP contribution in [0.5, 0.6) is 11.5 Å². The van der Waals surface area contributed by atoms with Crippen molar-refractivity contribution in [2.75, 3.05) is 19.5 Å². The van der Waals surface area contributed by atoms with Crippen molar-refractivity contribution < 1.29 is 14.3 Å². The SMILES string of the molecule is COc1ccc(/C=C/C(=O)Nc2nc(-c3ccc(C(C)(C)C)cc3)cs2)cc1OC. The number of thiazole rings is 1. The second kappa shape index (κ2) is 9.13. The second-order valence-corrected chi connectivity index (χ2v) is 8.66. The van der Waals surface area contributed by atoms with Crippen LogP contribution in [-0.4, -0.2) is 25.1 Å². The molecular weight excluding hydrogens is 396 g/mol. The molecule has 0 aliphatic heterocycles. The van der Waals surface area contributed by atoms with E-state index >= 15 is 0 Å². The lowest BCUT2D eigenvalue weighted by Gasteiger charge is -2.18. The van der Waals surface area contributed by atoms with Gasteiger partial charge in [0.25, 0.3) is 0 Å². The number of aromatic nitrogens is 1. The monoisotopic (exact) mass is 422 g/mol. The van der Waals surface area contributed by atoms with Gasteiger partial charge in [-0.1, -0.05) is 51.1 Å². The number of amides is 1. The highest BCUT2D eigenvalue weighted by molar-refractivity contribution is 7.14. The number of hydrogen-bond acceptors (Lipinski definition) is 5. The van der Waals surface area contributed by atoms with Gasteiger partial charge in [-0.25, -0.2) is 4.98 Å². The summed E-state index contributed by atoms with van der Waals surface area (Å²) < 4.78 is 10.5. The molecule has 1 heterocycles. The maximum Gasteiger partial charge on any atom is 0.250 e. The van der Waals surface area contributed by atoms with Crippen LogP contribution in [0.15, 0.2) is 53.9 Å². The van der Waals surface area contributed by atoms with Gasteiger partial charge in [0, 0.05) is 17.0 Å². The first-order valence-electron chi connectivity index (χ1n) is 9.57. The summed E-state index contributed by atoms with van der Waals surface area (Å²) in [6, 6.07) is 13.8. The first-order chi connectivity index (χ1) is 14.3. The molecule has 156 valence electrons. The molecule has 0 aliphatic carbocycles. The topological polar surface area (TPSA) is 60.5 Å². The predicted octanol–water partition coefficient (Wildman–Crippen LogP) is 5.78. The van der Waals surface area contributed by atoms with Crippen molar-refractivity contribution in [3.63, 3.8) is 0 Å². The fourth-order valence-electron chi connectivity index (χ4n) is 2.88. The van der Waals surface area contributed by atoms with Crippen molar-refractivity contribution in [1.29, 1.82) is 0 Å². The molecule has 1 N–H and O–H groups in total. The van der Waals surface area contributed by atoms with E-state index in [1.807, 2.05) is 17.5 Å². The third-order valence-electron chi connectivity index (χ3n) is 4.62. The third-order valence-corrected chi connectivity index (χ3v) is 5.37. The van der Waals surface area contributed by atoms with Crippen LogP contribution in [0.3, 0.4) is 0 Å². The summed E-state index contributed by atoms with van der Waals surface area (Å²) in [7, 11) is 3.16. The highest BCUT2D eigenvalue weighted by Crippen LogP contribution is 2.29. The third kappa shape index (κ3) is 5.27. The molecule has 0 fully saturated rings. The average Bonchev–Trinajstić information content (AvgIpc) is 3.19. The lowest BCUT2D eigenvalue weighted by molar-refractivity contribution is -0.111. The molecule has 0 saturated heterocycles. The first-order valence-corrected chi connectivity index (χ1v) is 10.5. The molecule has 0 unspecified atom stereocenters. The van der Waals surface area contributed by atoms with Gasteiger partial charge in [-0.05, 0) is 34.8 Å². The van der Waals surface area contributed by atoms with E-state index in [2.05, 4.69) is 55.3 Å². The molecule has 3 rings (SSSR count). The Morgan fingerprint density at radius 1 is 1.03 bits per heavy atom. The highest BCUT2D eigenvalue weighted by atomic mass is 32.1. The number of hydrogen-bond donors (Lipinski definition) is 1. The Labute approximate surface area is 181 Å². The number of carbonyl (C=O) groups excluding carboxylic acids is 1. The molecule has 30 heavy (non-hydrogen) atoms. The van der Waals surface area contributed by atoms with E-state index < -0.39 is 0 Å². The van der Waals surface area contributed by atoms with Crippen molar-refractivity contribution in [3.8, 4) is 22.8 Å². The van der Waals surface area contributed by atoms with Crippen molar-refractivity contribution in [2.45, 2.75) is 26.2 Å². The summed E-state index contributed by atoms with van der Waals surface area (Å²) in [5, 5.41) is 5.32. The Bertz CT molecular complexity index is 1050. The minimum absolute atomic E-state index is 0.111. The molecular formula is C24H26N2O3S. The number of anilines is 1. The second-order valence-electron chi connectivity index (χ2n) is 7.80. The van der Waals surface area contributed by atoms with E-state index in [4.69, 9.17) is 9.47 Å². The van der Waals surface area contributed by atoms with Gasteiger partial charge in [-0.2, -0.15) is 0 Å². The van der Waals surface area contributed by atoms with Crippen LogP contribution in [-0.2, 0) is 10.2 Å². The minimum Gasteiger partial charge on any atom is -0.493 e. The maximum absolute atomic E-state index is 12.3. The molecule has 6 heteroatoms. The first kappa shape index (κ1) is 21.6. The average molecular weight is 423 g/mol. The fourth-order valence-corrected chi connectivity index (χ4v) is 3.60. The van der Waals surface area contributed by atoms with E-state index in [1.54, 1.807) is 26.4 Å². The van der Waals surface area contributed by atoms with E-state index in [0.29, 0.717) is 16.6 Å². The summed E-state index contributed by atoms with van der Waals surface area (Å²) in [5.74, 6) is 1.01. The maximum atomic E-state index is 12.3. The van der Waals surface area contributed by atoms with Crippen LogP contribution >= 0.6 is 11.3 Å². The molecule has 0 aliphatic rings. The van der Waals surface area contributed by atoms with Crippen LogP contribution in [0, 0.1) is 0 Å². The zero-order valence-electron chi connectivity index (χ0n) is 17.9. The molecule has 0 radical (unpaired) electrons. The van der Waals surface area contributed by atoms with Crippen molar-refractivity contribution in [3.05, 3.63) is 65.0 Å². The van der Waals surface area contributed by atoms with Crippen LogP contribution in [0.2, 0.25) is 0 Å².